The van der Waals surface area contributed by atoms with E-state index in [-0.39, 0.29) is 12.4 Å². The van der Waals surface area contributed by atoms with E-state index in [1.807, 2.05) is 18.3 Å². The van der Waals surface area contributed by atoms with Crippen molar-refractivity contribution < 1.29 is 14.2 Å². The number of nitrogens with zero attached hydrogens (tertiary/aromatic N) is 5. The average molecular weight is 497 g/mol. The van der Waals surface area contributed by atoms with Gasteiger partial charge in [0.15, 0.2) is 5.75 Å². The summed E-state index contributed by atoms with van der Waals surface area (Å²) < 4.78 is 16.4. The number of rotatable bonds is 7. The first-order valence-electron chi connectivity index (χ1n) is 11.7. The van der Waals surface area contributed by atoms with Gasteiger partial charge >= 0.3 is 0 Å². The molecule has 9 nitrogen and oxygen atoms in total. The van der Waals surface area contributed by atoms with Crippen LogP contribution in [-0.2, 0) is 13.0 Å². The molecule has 10 heteroatoms. The largest absolute Gasteiger partial charge is 0.484 e. The predicted octanol–water partition coefficient (Wildman–Crippen LogP) is 2.89. The van der Waals surface area contributed by atoms with E-state index in [1.165, 1.54) is 0 Å². The molecule has 184 valence electrons. The highest BCUT2D eigenvalue weighted by Gasteiger charge is 2.21. The third kappa shape index (κ3) is 5.73. The lowest BCUT2D eigenvalue weighted by Gasteiger charge is -2.32. The number of likely N-dealkylation sites (tertiary alicyclic amines) is 1. The van der Waals surface area contributed by atoms with Crippen molar-refractivity contribution in [2.75, 3.05) is 40.0 Å². The van der Waals surface area contributed by atoms with E-state index in [9.17, 15) is 5.26 Å². The number of fused-ring (bicyclic) bond motifs is 2. The van der Waals surface area contributed by atoms with E-state index in [0.29, 0.717) is 36.6 Å². The molecule has 1 saturated heterocycles. The molecule has 1 N–H and O–H groups in total. The second-order valence-corrected chi connectivity index (χ2v) is 8.57. The topological polar surface area (TPSA) is 105 Å². The maximum Gasteiger partial charge on any atom is 0.257 e. The van der Waals surface area contributed by atoms with Gasteiger partial charge in [0.2, 0.25) is 5.88 Å². The third-order valence-electron chi connectivity index (χ3n) is 6.44. The van der Waals surface area contributed by atoms with E-state index in [0.717, 1.165) is 73.4 Å². The Kier molecular flexibility index (Phi) is 8.18. The predicted molar refractivity (Wildman–Crippen MR) is 133 cm³/mol. The quantitative estimate of drug-likeness (QED) is 0.528. The van der Waals surface area contributed by atoms with Crippen molar-refractivity contribution in [1.29, 1.82) is 5.26 Å². The summed E-state index contributed by atoms with van der Waals surface area (Å²) in [6.45, 7) is 4.79. The number of aromatic nitrogens is 3. The Hall–Kier alpha value is -3.19. The Balaban J connectivity index is 0.00000289. The van der Waals surface area contributed by atoms with Crippen LogP contribution in [0.3, 0.4) is 0 Å². The molecular formula is C25H29ClN6O3. The monoisotopic (exact) mass is 496 g/mol. The Labute approximate surface area is 210 Å². The third-order valence-corrected chi connectivity index (χ3v) is 6.44. The van der Waals surface area contributed by atoms with Crippen LogP contribution in [0.25, 0.3) is 11.0 Å². The van der Waals surface area contributed by atoms with E-state index >= 15 is 0 Å². The summed E-state index contributed by atoms with van der Waals surface area (Å²) in [7, 11) is 1.60. The zero-order valence-electron chi connectivity index (χ0n) is 19.7. The lowest BCUT2D eigenvalue weighted by molar-refractivity contribution is 0.164. The van der Waals surface area contributed by atoms with Crippen LogP contribution in [0.1, 0.15) is 29.5 Å². The van der Waals surface area contributed by atoms with Gasteiger partial charge in [-0.25, -0.2) is 9.97 Å². The molecule has 35 heavy (non-hydrogen) atoms. The van der Waals surface area contributed by atoms with Gasteiger partial charge in [-0.2, -0.15) is 5.26 Å². The second-order valence-electron chi connectivity index (χ2n) is 8.57. The SMILES string of the molecule is COc1ccc2ncc(C#N)c(CCN3CCC(NCc4cnc5c(c4)OCCO5)CC3)c2n1.Cl. The smallest absolute Gasteiger partial charge is 0.257 e. The van der Waals surface area contributed by atoms with Crippen LogP contribution < -0.4 is 19.5 Å². The van der Waals surface area contributed by atoms with Crippen molar-refractivity contribution in [1.82, 2.24) is 25.2 Å². The van der Waals surface area contributed by atoms with Crippen molar-refractivity contribution in [3.8, 4) is 23.6 Å². The summed E-state index contributed by atoms with van der Waals surface area (Å²) in [6, 6.07) is 8.44. The zero-order chi connectivity index (χ0) is 23.3. The molecule has 0 spiro atoms. The molecule has 0 atom stereocenters. The molecule has 5 heterocycles. The van der Waals surface area contributed by atoms with Gasteiger partial charge < -0.3 is 24.4 Å². The van der Waals surface area contributed by atoms with Crippen molar-refractivity contribution in [2.24, 2.45) is 0 Å². The Morgan fingerprint density at radius 1 is 1.17 bits per heavy atom. The molecule has 1 fully saturated rings. The Bertz CT molecular complexity index is 1210. The molecule has 0 unspecified atom stereocenters. The van der Waals surface area contributed by atoms with E-state index in [2.05, 4.69) is 31.2 Å². The van der Waals surface area contributed by atoms with Crippen LogP contribution in [0.15, 0.2) is 30.6 Å². The van der Waals surface area contributed by atoms with Gasteiger partial charge in [0.05, 0.1) is 23.7 Å². The highest BCUT2D eigenvalue weighted by Crippen LogP contribution is 2.28. The van der Waals surface area contributed by atoms with Crippen LogP contribution in [0.4, 0.5) is 0 Å². The molecule has 0 bridgehead atoms. The average Bonchev–Trinajstić information content (AvgIpc) is 2.90. The van der Waals surface area contributed by atoms with Crippen LogP contribution >= 0.6 is 12.4 Å². The van der Waals surface area contributed by atoms with Gasteiger partial charge in [0, 0.05) is 43.2 Å². The number of hydrogen-bond donors (Lipinski definition) is 1. The van der Waals surface area contributed by atoms with Gasteiger partial charge in [-0.1, -0.05) is 0 Å². The van der Waals surface area contributed by atoms with E-state index < -0.39 is 0 Å². The number of pyridine rings is 3. The number of hydrogen-bond acceptors (Lipinski definition) is 9. The lowest BCUT2D eigenvalue weighted by Crippen LogP contribution is -2.42. The van der Waals surface area contributed by atoms with Crippen molar-refractivity contribution in [3.05, 3.63) is 47.3 Å². The first-order chi connectivity index (χ1) is 16.7. The Morgan fingerprint density at radius 2 is 2.00 bits per heavy atom. The number of nitrogens with one attached hydrogen (secondary N) is 1. The van der Waals surface area contributed by atoms with Gasteiger partial charge in [0.1, 0.15) is 19.3 Å². The molecule has 3 aromatic heterocycles. The highest BCUT2D eigenvalue weighted by atomic mass is 35.5. The minimum absolute atomic E-state index is 0. The van der Waals surface area contributed by atoms with Crippen LogP contribution in [0, 0.1) is 11.3 Å². The van der Waals surface area contributed by atoms with Crippen LogP contribution in [-0.4, -0.2) is 65.9 Å². The lowest BCUT2D eigenvalue weighted by atomic mass is 10.0. The molecule has 0 aliphatic carbocycles. The minimum Gasteiger partial charge on any atom is -0.484 e. The standard InChI is InChI=1S/C25H28N6O3.ClH/c1-32-23-3-2-21-24(30-23)20(18(13-26)16-28-21)6-9-31-7-4-19(5-8-31)27-14-17-12-22-25(29-15-17)34-11-10-33-22;/h2-3,12,15-16,19,27H,4-11,14H2,1H3;1H. The van der Waals surface area contributed by atoms with Gasteiger partial charge in [-0.05, 0) is 50.0 Å². The summed E-state index contributed by atoms with van der Waals surface area (Å²) in [5.74, 6) is 1.84. The number of piperidine rings is 1. The number of methoxy groups -OCH3 is 1. The molecule has 0 radical (unpaired) electrons. The molecule has 5 rings (SSSR count). The number of nitriles is 1. The summed E-state index contributed by atoms with van der Waals surface area (Å²) in [5, 5.41) is 13.3. The summed E-state index contributed by atoms with van der Waals surface area (Å²) in [6.07, 6.45) is 6.40. The van der Waals surface area contributed by atoms with Crippen LogP contribution in [0.2, 0.25) is 0 Å². The molecular weight excluding hydrogens is 468 g/mol. The van der Waals surface area contributed by atoms with E-state index in [4.69, 9.17) is 14.2 Å². The molecule has 3 aromatic rings. The molecule has 0 saturated carbocycles. The minimum atomic E-state index is 0. The summed E-state index contributed by atoms with van der Waals surface area (Å²) in [5.41, 5.74) is 4.16. The number of halogens is 1. The maximum atomic E-state index is 9.60. The van der Waals surface area contributed by atoms with Crippen molar-refractivity contribution in [3.63, 3.8) is 0 Å². The van der Waals surface area contributed by atoms with Crippen LogP contribution in [0.5, 0.6) is 17.5 Å². The first-order valence-corrected chi connectivity index (χ1v) is 11.7. The van der Waals surface area contributed by atoms with Gasteiger partial charge in [-0.3, -0.25) is 4.98 Å². The normalized spacial score (nSPS) is 15.9. The zero-order valence-corrected chi connectivity index (χ0v) is 20.5. The highest BCUT2D eigenvalue weighted by molar-refractivity contribution is 5.85. The van der Waals surface area contributed by atoms with Crippen molar-refractivity contribution >= 4 is 23.4 Å². The number of ether oxygens (including phenoxy) is 3. The fourth-order valence-corrected chi connectivity index (χ4v) is 4.53. The van der Waals surface area contributed by atoms with Gasteiger partial charge in [0.25, 0.3) is 5.88 Å². The summed E-state index contributed by atoms with van der Waals surface area (Å²) >= 11 is 0. The molecule has 0 aromatic carbocycles. The fourth-order valence-electron chi connectivity index (χ4n) is 4.53. The van der Waals surface area contributed by atoms with Gasteiger partial charge in [-0.15, -0.1) is 12.4 Å². The second kappa shape index (κ2) is 11.5. The maximum absolute atomic E-state index is 9.60. The summed E-state index contributed by atoms with van der Waals surface area (Å²) in [4.78, 5) is 15.8. The Morgan fingerprint density at radius 3 is 2.80 bits per heavy atom. The molecule has 0 amide bonds. The van der Waals surface area contributed by atoms with Crippen molar-refractivity contribution in [2.45, 2.75) is 31.8 Å². The fraction of sp³-hybridized carbons (Fsp3) is 0.440. The molecule has 2 aliphatic rings. The first kappa shape index (κ1) is 24.9. The van der Waals surface area contributed by atoms with E-state index in [1.54, 1.807) is 19.4 Å². The molecule has 2 aliphatic heterocycles.